The first kappa shape index (κ1) is 11.5. The molecule has 5 nitrogen and oxygen atoms in total. The van der Waals surface area contributed by atoms with Gasteiger partial charge in [0.05, 0.1) is 6.21 Å². The summed E-state index contributed by atoms with van der Waals surface area (Å²) in [5.74, 6) is 0.936. The zero-order valence-electron chi connectivity index (χ0n) is 9.29. The van der Waals surface area contributed by atoms with Crippen LogP contribution in [0.5, 0.6) is 5.75 Å². The summed E-state index contributed by atoms with van der Waals surface area (Å²) in [7, 11) is 0. The highest BCUT2D eigenvalue weighted by Gasteiger charge is 2.01. The summed E-state index contributed by atoms with van der Waals surface area (Å²) in [6.45, 7) is 1.97. The predicted molar refractivity (Wildman–Crippen MR) is 67.9 cm³/mol. The van der Waals surface area contributed by atoms with E-state index in [4.69, 9.17) is 12.2 Å². The van der Waals surface area contributed by atoms with Gasteiger partial charge in [0.1, 0.15) is 5.75 Å². The molecule has 0 aliphatic heterocycles. The van der Waals surface area contributed by atoms with E-state index in [1.165, 1.54) is 0 Å². The second-order valence-electron chi connectivity index (χ2n) is 3.41. The molecule has 0 spiro atoms. The molecule has 0 aliphatic rings. The van der Waals surface area contributed by atoms with Crippen molar-refractivity contribution in [2.45, 2.75) is 13.3 Å². The lowest BCUT2D eigenvalue weighted by Crippen LogP contribution is -1.97. The van der Waals surface area contributed by atoms with E-state index >= 15 is 0 Å². The van der Waals surface area contributed by atoms with Crippen LogP contribution in [0.15, 0.2) is 29.4 Å². The SMILES string of the molecule is CCc1n[nH]c(=S)n1N=Cc1ccccc1O. The number of phenols is 1. The van der Waals surface area contributed by atoms with Gasteiger partial charge < -0.3 is 5.11 Å². The van der Waals surface area contributed by atoms with Gasteiger partial charge in [0.25, 0.3) is 0 Å². The van der Waals surface area contributed by atoms with Crippen molar-refractivity contribution >= 4 is 18.4 Å². The molecule has 2 rings (SSSR count). The van der Waals surface area contributed by atoms with Crippen LogP contribution in [-0.4, -0.2) is 26.2 Å². The second-order valence-corrected chi connectivity index (χ2v) is 3.80. The summed E-state index contributed by atoms with van der Waals surface area (Å²) in [5, 5.41) is 20.5. The number of nitrogens with one attached hydrogen (secondary N) is 1. The number of aromatic amines is 1. The van der Waals surface area contributed by atoms with E-state index in [1.807, 2.05) is 13.0 Å². The third-order valence-corrected chi connectivity index (χ3v) is 2.55. The molecular weight excluding hydrogens is 236 g/mol. The molecule has 2 N–H and O–H groups in total. The number of para-hydroxylation sites is 1. The van der Waals surface area contributed by atoms with Gasteiger partial charge in [-0.25, -0.2) is 0 Å². The molecule has 2 aromatic rings. The average molecular weight is 248 g/mol. The number of aromatic hydroxyl groups is 1. The van der Waals surface area contributed by atoms with Gasteiger partial charge in [-0.05, 0) is 24.4 Å². The molecule has 1 heterocycles. The van der Waals surface area contributed by atoms with E-state index in [2.05, 4.69) is 15.3 Å². The maximum Gasteiger partial charge on any atom is 0.216 e. The van der Waals surface area contributed by atoms with E-state index in [0.717, 1.165) is 12.2 Å². The molecule has 17 heavy (non-hydrogen) atoms. The van der Waals surface area contributed by atoms with Crippen LogP contribution in [0.1, 0.15) is 18.3 Å². The summed E-state index contributed by atoms with van der Waals surface area (Å²) in [4.78, 5) is 0. The molecule has 0 fully saturated rings. The van der Waals surface area contributed by atoms with Crippen LogP contribution < -0.4 is 0 Å². The maximum absolute atomic E-state index is 9.58. The van der Waals surface area contributed by atoms with Gasteiger partial charge in [-0.3, -0.25) is 5.10 Å². The average Bonchev–Trinajstić information content (AvgIpc) is 2.69. The number of benzene rings is 1. The first-order chi connectivity index (χ1) is 8.22. The van der Waals surface area contributed by atoms with Gasteiger partial charge in [-0.15, -0.1) is 0 Å². The van der Waals surface area contributed by atoms with Crippen molar-refractivity contribution in [1.82, 2.24) is 14.9 Å². The molecule has 0 bridgehead atoms. The molecule has 1 aromatic heterocycles. The monoisotopic (exact) mass is 248 g/mol. The van der Waals surface area contributed by atoms with Crippen LogP contribution in [0.2, 0.25) is 0 Å². The highest BCUT2D eigenvalue weighted by Crippen LogP contribution is 2.13. The number of aromatic nitrogens is 3. The fraction of sp³-hybridized carbons (Fsp3) is 0.182. The van der Waals surface area contributed by atoms with Crippen LogP contribution in [0.4, 0.5) is 0 Å². The van der Waals surface area contributed by atoms with Crippen molar-refractivity contribution in [2.24, 2.45) is 5.10 Å². The molecule has 0 saturated heterocycles. The summed E-state index contributed by atoms with van der Waals surface area (Å²) in [6, 6.07) is 6.97. The quantitative estimate of drug-likeness (QED) is 0.645. The zero-order valence-corrected chi connectivity index (χ0v) is 10.1. The number of H-pyrrole nitrogens is 1. The fourth-order valence-electron chi connectivity index (χ4n) is 1.39. The van der Waals surface area contributed by atoms with Crippen LogP contribution in [0.3, 0.4) is 0 Å². The highest BCUT2D eigenvalue weighted by atomic mass is 32.1. The second kappa shape index (κ2) is 4.92. The van der Waals surface area contributed by atoms with Gasteiger partial charge >= 0.3 is 0 Å². The third kappa shape index (κ3) is 2.42. The van der Waals surface area contributed by atoms with Crippen molar-refractivity contribution in [3.63, 3.8) is 0 Å². The Morgan fingerprint density at radius 2 is 2.29 bits per heavy atom. The molecule has 0 amide bonds. The van der Waals surface area contributed by atoms with Crippen molar-refractivity contribution in [3.8, 4) is 5.75 Å². The first-order valence-corrected chi connectivity index (χ1v) is 5.62. The van der Waals surface area contributed by atoms with Crippen molar-refractivity contribution in [3.05, 3.63) is 40.4 Å². The summed E-state index contributed by atoms with van der Waals surface area (Å²) in [6.07, 6.45) is 2.28. The van der Waals surface area contributed by atoms with Gasteiger partial charge in [-0.2, -0.15) is 14.9 Å². The Morgan fingerprint density at radius 3 is 3.00 bits per heavy atom. The number of aryl methyl sites for hydroxylation is 1. The van der Waals surface area contributed by atoms with Gasteiger partial charge in [0.15, 0.2) is 5.82 Å². The van der Waals surface area contributed by atoms with Crippen molar-refractivity contribution in [1.29, 1.82) is 0 Å². The number of rotatable bonds is 3. The lowest BCUT2D eigenvalue weighted by atomic mass is 10.2. The molecule has 1 aromatic carbocycles. The van der Waals surface area contributed by atoms with Crippen molar-refractivity contribution < 1.29 is 5.11 Å². The highest BCUT2D eigenvalue weighted by molar-refractivity contribution is 7.71. The van der Waals surface area contributed by atoms with Gasteiger partial charge in [0, 0.05) is 12.0 Å². The molecule has 0 aliphatic carbocycles. The van der Waals surface area contributed by atoms with Crippen molar-refractivity contribution in [2.75, 3.05) is 0 Å². The molecular formula is C11H12N4OS. The summed E-state index contributed by atoms with van der Waals surface area (Å²) in [5.41, 5.74) is 0.637. The largest absolute Gasteiger partial charge is 0.507 e. The number of phenolic OH excluding ortho intramolecular Hbond substituents is 1. The maximum atomic E-state index is 9.58. The lowest BCUT2D eigenvalue weighted by molar-refractivity contribution is 0.474. The Morgan fingerprint density at radius 1 is 1.53 bits per heavy atom. The minimum Gasteiger partial charge on any atom is -0.507 e. The Labute approximate surface area is 103 Å². The Kier molecular flexibility index (Phi) is 3.34. The first-order valence-electron chi connectivity index (χ1n) is 5.21. The van der Waals surface area contributed by atoms with Gasteiger partial charge in [0.2, 0.25) is 4.77 Å². The lowest BCUT2D eigenvalue weighted by Gasteiger charge is -1.98. The topological polar surface area (TPSA) is 66.2 Å². The summed E-state index contributed by atoms with van der Waals surface area (Å²) < 4.78 is 1.98. The van der Waals surface area contributed by atoms with Crippen LogP contribution in [0, 0.1) is 4.77 Å². The molecule has 0 saturated carbocycles. The zero-order chi connectivity index (χ0) is 12.3. The molecule has 0 atom stereocenters. The Balaban J connectivity index is 2.35. The Hall–Kier alpha value is -1.95. The van der Waals surface area contributed by atoms with Gasteiger partial charge in [-0.1, -0.05) is 19.1 Å². The molecule has 88 valence electrons. The smallest absolute Gasteiger partial charge is 0.216 e. The van der Waals surface area contributed by atoms with Crippen LogP contribution in [-0.2, 0) is 6.42 Å². The fourth-order valence-corrected chi connectivity index (χ4v) is 1.59. The minimum atomic E-state index is 0.185. The van der Waals surface area contributed by atoms with E-state index in [9.17, 15) is 5.11 Å². The normalized spacial score (nSPS) is 11.1. The van der Waals surface area contributed by atoms with E-state index in [-0.39, 0.29) is 5.75 Å². The Bertz CT molecular complexity index is 600. The molecule has 6 heteroatoms. The summed E-state index contributed by atoms with van der Waals surface area (Å²) >= 11 is 5.06. The van der Waals surface area contributed by atoms with Crippen LogP contribution >= 0.6 is 12.2 Å². The standard InChI is InChI=1S/C11H12N4OS/c1-2-10-13-14-11(17)15(10)12-7-8-5-3-4-6-9(8)16/h3-7,16H,2H2,1H3,(H,14,17). The third-order valence-electron chi connectivity index (χ3n) is 2.28. The number of hydrogen-bond acceptors (Lipinski definition) is 4. The minimum absolute atomic E-state index is 0.185. The van der Waals surface area contributed by atoms with Crippen LogP contribution in [0.25, 0.3) is 0 Å². The molecule has 0 radical (unpaired) electrons. The predicted octanol–water partition coefficient (Wildman–Crippen LogP) is 2.09. The van der Waals surface area contributed by atoms with E-state index in [1.54, 1.807) is 29.1 Å². The van der Waals surface area contributed by atoms with E-state index in [0.29, 0.717) is 10.3 Å². The van der Waals surface area contributed by atoms with E-state index < -0.39 is 0 Å². The number of hydrogen-bond donors (Lipinski definition) is 2. The molecule has 0 unspecified atom stereocenters. The number of nitrogens with zero attached hydrogens (tertiary/aromatic N) is 3.